The highest BCUT2D eigenvalue weighted by atomic mass is 32.2. The summed E-state index contributed by atoms with van der Waals surface area (Å²) in [5, 5.41) is 0. The molecule has 2 rings (SSSR count). The molecule has 20 heavy (non-hydrogen) atoms. The van der Waals surface area contributed by atoms with Gasteiger partial charge in [-0.25, -0.2) is 8.42 Å². The van der Waals surface area contributed by atoms with Crippen LogP contribution in [-0.4, -0.2) is 25.8 Å². The molecule has 5 heteroatoms. The van der Waals surface area contributed by atoms with E-state index in [-0.39, 0.29) is 0 Å². The van der Waals surface area contributed by atoms with Gasteiger partial charge in [-0.2, -0.15) is 4.31 Å². The molecule has 1 heterocycles. The number of sulfonamides is 1. The molecule has 0 saturated carbocycles. The van der Waals surface area contributed by atoms with Gasteiger partial charge in [0, 0.05) is 18.8 Å². The molecule has 1 atom stereocenters. The summed E-state index contributed by atoms with van der Waals surface area (Å²) in [5.74, 6) is 0.596. The highest BCUT2D eigenvalue weighted by Crippen LogP contribution is 2.28. The Morgan fingerprint density at radius 2 is 1.90 bits per heavy atom. The Morgan fingerprint density at radius 1 is 1.20 bits per heavy atom. The van der Waals surface area contributed by atoms with E-state index >= 15 is 0 Å². The first kappa shape index (κ1) is 15.3. The summed E-state index contributed by atoms with van der Waals surface area (Å²) in [6, 6.07) is 3.55. The van der Waals surface area contributed by atoms with Crippen LogP contribution in [0.4, 0.5) is 5.69 Å². The molecule has 1 aromatic carbocycles. The molecule has 1 aliphatic rings. The number of benzene rings is 1. The molecule has 1 unspecified atom stereocenters. The van der Waals surface area contributed by atoms with Crippen LogP contribution in [0.3, 0.4) is 0 Å². The summed E-state index contributed by atoms with van der Waals surface area (Å²) < 4.78 is 27.3. The maximum Gasteiger partial charge on any atom is 0.243 e. The predicted molar refractivity (Wildman–Crippen MR) is 82.1 cm³/mol. The van der Waals surface area contributed by atoms with E-state index in [9.17, 15) is 8.42 Å². The largest absolute Gasteiger partial charge is 0.398 e. The number of hydrogen-bond donors (Lipinski definition) is 1. The minimum absolute atomic E-state index is 0.365. The third-order valence-corrected chi connectivity index (χ3v) is 6.16. The van der Waals surface area contributed by atoms with E-state index in [2.05, 4.69) is 6.92 Å². The van der Waals surface area contributed by atoms with Gasteiger partial charge in [0.15, 0.2) is 0 Å². The molecule has 1 saturated heterocycles. The second kappa shape index (κ2) is 5.74. The lowest BCUT2D eigenvalue weighted by atomic mass is 10.0. The molecule has 0 aliphatic carbocycles. The molecule has 0 spiro atoms. The summed E-state index contributed by atoms with van der Waals surface area (Å²) in [6.07, 6.45) is 2.96. The van der Waals surface area contributed by atoms with Crippen LogP contribution in [-0.2, 0) is 10.0 Å². The summed E-state index contributed by atoms with van der Waals surface area (Å²) in [5.41, 5.74) is 8.01. The number of rotatable bonds is 2. The number of anilines is 1. The van der Waals surface area contributed by atoms with Crippen molar-refractivity contribution in [2.24, 2.45) is 5.92 Å². The monoisotopic (exact) mass is 296 g/mol. The van der Waals surface area contributed by atoms with Crippen LogP contribution in [0.5, 0.6) is 0 Å². The zero-order valence-corrected chi connectivity index (χ0v) is 13.3. The Balaban J connectivity index is 2.40. The topological polar surface area (TPSA) is 63.4 Å². The van der Waals surface area contributed by atoms with Crippen molar-refractivity contribution in [3.05, 3.63) is 23.3 Å². The van der Waals surface area contributed by atoms with Gasteiger partial charge in [-0.15, -0.1) is 0 Å². The van der Waals surface area contributed by atoms with Crippen LogP contribution >= 0.6 is 0 Å². The standard InChI is InChI=1S/C15H24N2O2S/c1-11-5-4-7-17(8-6-11)20(18,19)15-10-12(2)9-14(16)13(15)3/h9-11H,4-8,16H2,1-3H3. The summed E-state index contributed by atoms with van der Waals surface area (Å²) >= 11 is 0. The number of nitrogens with zero attached hydrogens (tertiary/aromatic N) is 1. The maximum absolute atomic E-state index is 12.8. The van der Waals surface area contributed by atoms with E-state index in [1.165, 1.54) is 0 Å². The van der Waals surface area contributed by atoms with E-state index < -0.39 is 10.0 Å². The van der Waals surface area contributed by atoms with E-state index in [0.717, 1.165) is 24.8 Å². The Bertz CT molecular complexity index is 596. The average molecular weight is 296 g/mol. The zero-order valence-electron chi connectivity index (χ0n) is 12.5. The van der Waals surface area contributed by atoms with Gasteiger partial charge in [0.25, 0.3) is 0 Å². The molecule has 4 nitrogen and oxygen atoms in total. The molecule has 1 aromatic rings. The Morgan fingerprint density at radius 3 is 2.60 bits per heavy atom. The molecule has 112 valence electrons. The molecule has 1 aliphatic heterocycles. The van der Waals surface area contributed by atoms with Crippen LogP contribution in [0.2, 0.25) is 0 Å². The quantitative estimate of drug-likeness (QED) is 0.853. The van der Waals surface area contributed by atoms with Crippen molar-refractivity contribution in [3.63, 3.8) is 0 Å². The average Bonchev–Trinajstić information content (AvgIpc) is 2.58. The fraction of sp³-hybridized carbons (Fsp3) is 0.600. The highest BCUT2D eigenvalue weighted by molar-refractivity contribution is 7.89. The smallest absolute Gasteiger partial charge is 0.243 e. The third kappa shape index (κ3) is 2.99. The van der Waals surface area contributed by atoms with Crippen LogP contribution < -0.4 is 5.73 Å². The van der Waals surface area contributed by atoms with Crippen LogP contribution in [0.15, 0.2) is 17.0 Å². The molecule has 0 radical (unpaired) electrons. The first-order valence-electron chi connectivity index (χ1n) is 7.19. The fourth-order valence-corrected chi connectivity index (χ4v) is 4.57. The molecular weight excluding hydrogens is 272 g/mol. The van der Waals surface area contributed by atoms with Gasteiger partial charge in [0.1, 0.15) is 0 Å². The molecular formula is C15H24N2O2S. The zero-order chi connectivity index (χ0) is 14.9. The molecule has 0 aromatic heterocycles. The van der Waals surface area contributed by atoms with Gasteiger partial charge in [-0.05, 0) is 62.3 Å². The normalized spacial score (nSPS) is 21.6. The van der Waals surface area contributed by atoms with Gasteiger partial charge in [-0.3, -0.25) is 0 Å². The second-order valence-corrected chi connectivity index (χ2v) is 7.82. The van der Waals surface area contributed by atoms with Gasteiger partial charge < -0.3 is 5.73 Å². The lowest BCUT2D eigenvalue weighted by Gasteiger charge is -2.22. The Labute approximate surface area is 122 Å². The van der Waals surface area contributed by atoms with E-state index in [4.69, 9.17) is 5.73 Å². The van der Waals surface area contributed by atoms with Crippen LogP contribution in [0, 0.1) is 19.8 Å². The third-order valence-electron chi connectivity index (χ3n) is 4.14. The van der Waals surface area contributed by atoms with Crippen LogP contribution in [0.25, 0.3) is 0 Å². The van der Waals surface area contributed by atoms with Crippen molar-refractivity contribution < 1.29 is 8.42 Å². The van der Waals surface area contributed by atoms with Crippen molar-refractivity contribution >= 4 is 15.7 Å². The van der Waals surface area contributed by atoms with Gasteiger partial charge in [-0.1, -0.05) is 6.92 Å². The fourth-order valence-electron chi connectivity index (χ4n) is 2.74. The van der Waals surface area contributed by atoms with Crippen molar-refractivity contribution in [1.29, 1.82) is 0 Å². The van der Waals surface area contributed by atoms with Crippen molar-refractivity contribution in [1.82, 2.24) is 4.31 Å². The van der Waals surface area contributed by atoms with Gasteiger partial charge >= 0.3 is 0 Å². The lowest BCUT2D eigenvalue weighted by molar-refractivity contribution is 0.416. The van der Waals surface area contributed by atoms with Crippen LogP contribution in [0.1, 0.15) is 37.3 Å². The number of aryl methyl sites for hydroxylation is 1. The minimum Gasteiger partial charge on any atom is -0.398 e. The lowest BCUT2D eigenvalue weighted by Crippen LogP contribution is -2.32. The summed E-state index contributed by atoms with van der Waals surface area (Å²) in [7, 11) is -3.43. The second-order valence-electron chi connectivity index (χ2n) is 5.92. The van der Waals surface area contributed by atoms with Gasteiger partial charge in [0.2, 0.25) is 10.0 Å². The number of nitrogen functional groups attached to an aromatic ring is 1. The van der Waals surface area contributed by atoms with E-state index in [0.29, 0.717) is 35.2 Å². The summed E-state index contributed by atoms with van der Waals surface area (Å²) in [4.78, 5) is 0.365. The van der Waals surface area contributed by atoms with Crippen molar-refractivity contribution in [2.75, 3.05) is 18.8 Å². The van der Waals surface area contributed by atoms with Gasteiger partial charge in [0.05, 0.1) is 4.90 Å². The van der Waals surface area contributed by atoms with E-state index in [1.807, 2.05) is 13.0 Å². The molecule has 0 amide bonds. The number of nitrogens with two attached hydrogens (primary N) is 1. The predicted octanol–water partition coefficient (Wildman–Crippen LogP) is 2.70. The number of hydrogen-bond acceptors (Lipinski definition) is 3. The minimum atomic E-state index is -3.43. The highest BCUT2D eigenvalue weighted by Gasteiger charge is 2.28. The van der Waals surface area contributed by atoms with E-state index in [1.54, 1.807) is 17.3 Å². The molecule has 1 fully saturated rings. The van der Waals surface area contributed by atoms with Crippen molar-refractivity contribution in [3.8, 4) is 0 Å². The Hall–Kier alpha value is -1.07. The SMILES string of the molecule is Cc1cc(N)c(C)c(S(=O)(=O)N2CCCC(C)CC2)c1. The first-order chi connectivity index (χ1) is 9.32. The maximum atomic E-state index is 12.8. The Kier molecular flexibility index (Phi) is 4.39. The molecule has 0 bridgehead atoms. The summed E-state index contributed by atoms with van der Waals surface area (Å²) in [6.45, 7) is 7.06. The molecule has 2 N–H and O–H groups in total. The first-order valence-corrected chi connectivity index (χ1v) is 8.63. The van der Waals surface area contributed by atoms with Crippen molar-refractivity contribution in [2.45, 2.75) is 44.9 Å².